The summed E-state index contributed by atoms with van der Waals surface area (Å²) in [5, 5.41) is 6.63. The largest absolute Gasteiger partial charge is 0.368 e. The third kappa shape index (κ3) is 3.51. The van der Waals surface area contributed by atoms with Crippen molar-refractivity contribution in [1.82, 2.24) is 15.0 Å². The van der Waals surface area contributed by atoms with Crippen LogP contribution in [-0.4, -0.2) is 34.1 Å². The van der Waals surface area contributed by atoms with Crippen LogP contribution < -0.4 is 16.4 Å². The summed E-state index contributed by atoms with van der Waals surface area (Å²) in [5.74, 6) is 2.29. The number of anilines is 2. The first-order valence-corrected chi connectivity index (χ1v) is 7.69. The SMILES string of the molecule is Cc1cccnc1NCCNc1cc(C2CC(N)C2)ncn1. The number of nitrogens with zero attached hydrogens (tertiary/aromatic N) is 3. The molecule has 2 aromatic heterocycles. The minimum atomic E-state index is 0.335. The molecule has 0 saturated heterocycles. The molecule has 0 radical (unpaired) electrons. The highest BCUT2D eigenvalue weighted by molar-refractivity contribution is 5.43. The number of nitrogens with two attached hydrogens (primary N) is 1. The number of nitrogens with one attached hydrogen (secondary N) is 2. The molecule has 0 spiro atoms. The van der Waals surface area contributed by atoms with Gasteiger partial charge in [0.25, 0.3) is 0 Å². The molecule has 1 fully saturated rings. The Morgan fingerprint density at radius 1 is 1.18 bits per heavy atom. The van der Waals surface area contributed by atoms with Gasteiger partial charge in [-0.3, -0.25) is 0 Å². The molecule has 6 heteroatoms. The van der Waals surface area contributed by atoms with Crippen LogP contribution in [0.2, 0.25) is 0 Å². The number of pyridine rings is 1. The fourth-order valence-corrected chi connectivity index (χ4v) is 2.64. The summed E-state index contributed by atoms with van der Waals surface area (Å²) in [6.45, 7) is 3.60. The first kappa shape index (κ1) is 14.7. The van der Waals surface area contributed by atoms with Gasteiger partial charge in [0.05, 0.1) is 0 Å². The van der Waals surface area contributed by atoms with Gasteiger partial charge in [-0.2, -0.15) is 0 Å². The van der Waals surface area contributed by atoms with E-state index in [1.807, 2.05) is 25.1 Å². The smallest absolute Gasteiger partial charge is 0.129 e. The fourth-order valence-electron chi connectivity index (χ4n) is 2.64. The zero-order valence-electron chi connectivity index (χ0n) is 12.8. The second kappa shape index (κ2) is 6.70. The van der Waals surface area contributed by atoms with Gasteiger partial charge in [0.1, 0.15) is 18.0 Å². The Bertz CT molecular complexity index is 624. The number of hydrogen-bond acceptors (Lipinski definition) is 6. The third-order valence-corrected chi connectivity index (χ3v) is 4.01. The van der Waals surface area contributed by atoms with Gasteiger partial charge < -0.3 is 16.4 Å². The molecule has 2 heterocycles. The van der Waals surface area contributed by atoms with Gasteiger partial charge in [0, 0.05) is 43.0 Å². The molecule has 0 atom stereocenters. The molecule has 1 aliphatic rings. The average Bonchev–Trinajstić information content (AvgIpc) is 2.50. The molecule has 0 bridgehead atoms. The standard InChI is InChI=1S/C16H22N6/c1-11-3-2-4-19-16(11)20-6-5-18-15-9-14(21-10-22-15)12-7-13(17)8-12/h2-4,9-10,12-13H,5-8,17H2,1H3,(H,19,20)(H,18,21,22). The van der Waals surface area contributed by atoms with Crippen molar-refractivity contribution < 1.29 is 0 Å². The molecule has 0 aliphatic heterocycles. The van der Waals surface area contributed by atoms with Crippen molar-refractivity contribution in [2.24, 2.45) is 5.73 Å². The van der Waals surface area contributed by atoms with E-state index in [1.165, 1.54) is 0 Å². The molecule has 1 saturated carbocycles. The normalized spacial score (nSPS) is 20.3. The summed E-state index contributed by atoms with van der Waals surface area (Å²) in [4.78, 5) is 12.9. The van der Waals surface area contributed by atoms with Crippen LogP contribution in [0, 0.1) is 6.92 Å². The van der Waals surface area contributed by atoms with E-state index in [2.05, 4.69) is 25.6 Å². The van der Waals surface area contributed by atoms with Gasteiger partial charge in [-0.15, -0.1) is 0 Å². The minimum absolute atomic E-state index is 0.335. The van der Waals surface area contributed by atoms with E-state index in [4.69, 9.17) is 5.73 Å². The highest BCUT2D eigenvalue weighted by Gasteiger charge is 2.28. The van der Waals surface area contributed by atoms with Crippen molar-refractivity contribution >= 4 is 11.6 Å². The highest BCUT2D eigenvalue weighted by atomic mass is 15.1. The van der Waals surface area contributed by atoms with Crippen molar-refractivity contribution in [3.63, 3.8) is 0 Å². The van der Waals surface area contributed by atoms with E-state index in [0.29, 0.717) is 12.0 Å². The van der Waals surface area contributed by atoms with Gasteiger partial charge >= 0.3 is 0 Å². The van der Waals surface area contributed by atoms with Gasteiger partial charge in [0.2, 0.25) is 0 Å². The maximum Gasteiger partial charge on any atom is 0.129 e. The molecule has 0 unspecified atom stereocenters. The van der Waals surface area contributed by atoms with Gasteiger partial charge in [-0.05, 0) is 31.4 Å². The fraction of sp³-hybridized carbons (Fsp3) is 0.438. The molecule has 6 nitrogen and oxygen atoms in total. The lowest BCUT2D eigenvalue weighted by molar-refractivity contribution is 0.345. The number of rotatable bonds is 6. The van der Waals surface area contributed by atoms with Gasteiger partial charge in [0.15, 0.2) is 0 Å². The molecular weight excluding hydrogens is 276 g/mol. The number of aromatic nitrogens is 3. The molecule has 3 rings (SSSR count). The monoisotopic (exact) mass is 298 g/mol. The van der Waals surface area contributed by atoms with E-state index >= 15 is 0 Å². The average molecular weight is 298 g/mol. The van der Waals surface area contributed by atoms with Crippen LogP contribution in [0.15, 0.2) is 30.7 Å². The quantitative estimate of drug-likeness (QED) is 0.706. The summed E-state index contributed by atoms with van der Waals surface area (Å²) in [6.07, 6.45) is 5.47. The Morgan fingerprint density at radius 3 is 2.77 bits per heavy atom. The summed E-state index contributed by atoms with van der Waals surface area (Å²) in [6, 6.07) is 6.35. The second-order valence-corrected chi connectivity index (χ2v) is 5.78. The van der Waals surface area contributed by atoms with E-state index in [0.717, 1.165) is 48.8 Å². The molecule has 1 aliphatic carbocycles. The van der Waals surface area contributed by atoms with Crippen LogP contribution in [0.25, 0.3) is 0 Å². The highest BCUT2D eigenvalue weighted by Crippen LogP contribution is 2.34. The summed E-state index contributed by atoms with van der Waals surface area (Å²) in [5.41, 5.74) is 8.07. The molecular formula is C16H22N6. The number of hydrogen-bond donors (Lipinski definition) is 3. The van der Waals surface area contributed by atoms with Crippen molar-refractivity contribution in [3.05, 3.63) is 42.0 Å². The van der Waals surface area contributed by atoms with Crippen LogP contribution >= 0.6 is 0 Å². The maximum atomic E-state index is 5.84. The third-order valence-electron chi connectivity index (χ3n) is 4.01. The van der Waals surface area contributed by atoms with Crippen molar-refractivity contribution in [1.29, 1.82) is 0 Å². The van der Waals surface area contributed by atoms with Crippen LogP contribution in [0.4, 0.5) is 11.6 Å². The Kier molecular flexibility index (Phi) is 4.48. The van der Waals surface area contributed by atoms with Crippen LogP contribution in [0.1, 0.15) is 30.0 Å². The lowest BCUT2D eigenvalue weighted by Crippen LogP contribution is -2.35. The molecule has 22 heavy (non-hydrogen) atoms. The first-order chi connectivity index (χ1) is 10.7. The van der Waals surface area contributed by atoms with E-state index in [-0.39, 0.29) is 0 Å². The van der Waals surface area contributed by atoms with Crippen LogP contribution in [0.5, 0.6) is 0 Å². The van der Waals surface area contributed by atoms with Crippen molar-refractivity contribution in [2.75, 3.05) is 23.7 Å². The number of aryl methyl sites for hydroxylation is 1. The predicted octanol–water partition coefficient (Wildman–Crippen LogP) is 1.91. The Morgan fingerprint density at radius 2 is 2.00 bits per heavy atom. The van der Waals surface area contributed by atoms with Gasteiger partial charge in [-0.1, -0.05) is 6.07 Å². The van der Waals surface area contributed by atoms with E-state index in [1.54, 1.807) is 12.5 Å². The van der Waals surface area contributed by atoms with Gasteiger partial charge in [-0.25, -0.2) is 15.0 Å². The molecule has 116 valence electrons. The summed E-state index contributed by atoms with van der Waals surface area (Å²) >= 11 is 0. The predicted molar refractivity (Wildman–Crippen MR) is 87.9 cm³/mol. The first-order valence-electron chi connectivity index (χ1n) is 7.69. The molecule has 0 aromatic carbocycles. The Hall–Kier alpha value is -2.21. The van der Waals surface area contributed by atoms with Crippen LogP contribution in [-0.2, 0) is 0 Å². The molecule has 0 amide bonds. The molecule has 4 N–H and O–H groups in total. The van der Waals surface area contributed by atoms with Crippen LogP contribution in [0.3, 0.4) is 0 Å². The minimum Gasteiger partial charge on any atom is -0.368 e. The van der Waals surface area contributed by atoms with Crippen molar-refractivity contribution in [3.8, 4) is 0 Å². The zero-order chi connectivity index (χ0) is 15.4. The summed E-state index contributed by atoms with van der Waals surface area (Å²) in [7, 11) is 0. The lowest BCUT2D eigenvalue weighted by atomic mass is 9.79. The maximum absolute atomic E-state index is 5.84. The van der Waals surface area contributed by atoms with Crippen molar-refractivity contribution in [2.45, 2.75) is 31.7 Å². The Labute approximate surface area is 130 Å². The Balaban J connectivity index is 1.47. The van der Waals surface area contributed by atoms with E-state index in [9.17, 15) is 0 Å². The lowest BCUT2D eigenvalue weighted by Gasteiger charge is -2.31. The zero-order valence-corrected chi connectivity index (χ0v) is 12.8. The topological polar surface area (TPSA) is 88.8 Å². The van der Waals surface area contributed by atoms with E-state index < -0.39 is 0 Å². The molecule has 2 aromatic rings. The summed E-state index contributed by atoms with van der Waals surface area (Å²) < 4.78 is 0. The second-order valence-electron chi connectivity index (χ2n) is 5.78.